The van der Waals surface area contributed by atoms with Crippen LogP contribution < -0.4 is 5.32 Å². The number of rotatable bonds is 5. The minimum absolute atomic E-state index is 0.0100. The fourth-order valence-electron chi connectivity index (χ4n) is 4.56. The third-order valence-electron chi connectivity index (χ3n) is 6.54. The summed E-state index contributed by atoms with van der Waals surface area (Å²) in [5, 5.41) is 10.7. The van der Waals surface area contributed by atoms with Gasteiger partial charge < -0.3 is 10.1 Å². The standard InChI is InChI=1S/C23H33N5O2/c1-15-4-5-18(12-16(15)2)13-28-9-6-20(22-24-17(3)26-27-22)21(14-28)25-23(29)19-7-10-30-11-8-19/h4-5,12,19-21H,6-11,13-14H2,1-3H3,(H,25,29)(H,24,26,27)/t20-,21+/m0/s1. The molecule has 0 aliphatic carbocycles. The van der Waals surface area contributed by atoms with Crippen LogP contribution in [-0.4, -0.2) is 58.3 Å². The van der Waals surface area contributed by atoms with E-state index in [1.54, 1.807) is 0 Å². The molecule has 4 rings (SSSR count). The van der Waals surface area contributed by atoms with E-state index in [0.717, 1.165) is 50.5 Å². The smallest absolute Gasteiger partial charge is 0.223 e. The molecule has 2 atom stereocenters. The van der Waals surface area contributed by atoms with Gasteiger partial charge in [-0.1, -0.05) is 18.2 Å². The number of H-pyrrole nitrogens is 1. The Morgan fingerprint density at radius 1 is 1.20 bits per heavy atom. The predicted octanol–water partition coefficient (Wildman–Crippen LogP) is 2.63. The van der Waals surface area contributed by atoms with Crippen LogP contribution >= 0.6 is 0 Å². The molecule has 1 aromatic carbocycles. The molecule has 2 saturated heterocycles. The first-order chi connectivity index (χ1) is 14.5. The molecule has 2 aliphatic rings. The van der Waals surface area contributed by atoms with Crippen molar-refractivity contribution in [3.63, 3.8) is 0 Å². The lowest BCUT2D eigenvalue weighted by molar-refractivity contribution is -0.129. The van der Waals surface area contributed by atoms with Gasteiger partial charge in [0.1, 0.15) is 5.82 Å². The van der Waals surface area contributed by atoms with E-state index in [1.165, 1.54) is 16.7 Å². The third kappa shape index (κ3) is 4.90. The Balaban J connectivity index is 1.47. The molecule has 7 nitrogen and oxygen atoms in total. The van der Waals surface area contributed by atoms with E-state index in [2.05, 4.69) is 57.4 Å². The van der Waals surface area contributed by atoms with Crippen molar-refractivity contribution < 1.29 is 9.53 Å². The number of hydrogen-bond donors (Lipinski definition) is 2. The second-order valence-corrected chi connectivity index (χ2v) is 8.83. The van der Waals surface area contributed by atoms with Gasteiger partial charge in [0.05, 0.1) is 6.04 Å². The average Bonchev–Trinajstić information content (AvgIpc) is 3.17. The molecule has 0 spiro atoms. The Hall–Kier alpha value is -2.25. The summed E-state index contributed by atoms with van der Waals surface area (Å²) in [6.45, 7) is 10.2. The Labute approximate surface area is 178 Å². The van der Waals surface area contributed by atoms with Crippen molar-refractivity contribution in [3.8, 4) is 0 Å². The van der Waals surface area contributed by atoms with E-state index in [1.807, 2.05) is 6.92 Å². The van der Waals surface area contributed by atoms with E-state index in [9.17, 15) is 4.79 Å². The highest BCUT2D eigenvalue weighted by atomic mass is 16.5. The average molecular weight is 412 g/mol. The molecule has 162 valence electrons. The summed E-state index contributed by atoms with van der Waals surface area (Å²) < 4.78 is 5.42. The van der Waals surface area contributed by atoms with Gasteiger partial charge in [-0.2, -0.15) is 5.10 Å². The maximum Gasteiger partial charge on any atom is 0.223 e. The van der Waals surface area contributed by atoms with Crippen LogP contribution in [0.2, 0.25) is 0 Å². The van der Waals surface area contributed by atoms with Crippen molar-refractivity contribution in [2.75, 3.05) is 26.3 Å². The lowest BCUT2D eigenvalue weighted by Crippen LogP contribution is -2.53. The number of aryl methyl sites for hydroxylation is 3. The van der Waals surface area contributed by atoms with Gasteiger partial charge >= 0.3 is 0 Å². The van der Waals surface area contributed by atoms with Crippen molar-refractivity contribution in [3.05, 3.63) is 46.5 Å². The Kier molecular flexibility index (Phi) is 6.49. The number of amides is 1. The molecular formula is C23H33N5O2. The minimum Gasteiger partial charge on any atom is -0.381 e. The van der Waals surface area contributed by atoms with Gasteiger partial charge in [-0.15, -0.1) is 0 Å². The van der Waals surface area contributed by atoms with Gasteiger partial charge in [-0.25, -0.2) is 4.98 Å². The lowest BCUT2D eigenvalue weighted by atomic mass is 9.89. The normalized spacial score (nSPS) is 23.4. The van der Waals surface area contributed by atoms with E-state index in [-0.39, 0.29) is 23.8 Å². The van der Waals surface area contributed by atoms with Crippen molar-refractivity contribution >= 4 is 5.91 Å². The van der Waals surface area contributed by atoms with Crippen molar-refractivity contribution in [2.24, 2.45) is 5.92 Å². The summed E-state index contributed by atoms with van der Waals surface area (Å²) in [5.74, 6) is 1.96. The van der Waals surface area contributed by atoms with Crippen LogP contribution in [0.1, 0.15) is 53.5 Å². The number of hydrogen-bond acceptors (Lipinski definition) is 5. The lowest BCUT2D eigenvalue weighted by Gasteiger charge is -2.38. The molecule has 2 N–H and O–H groups in total. The van der Waals surface area contributed by atoms with Gasteiger partial charge in [0.2, 0.25) is 5.91 Å². The van der Waals surface area contributed by atoms with Crippen molar-refractivity contribution in [2.45, 2.75) is 58.5 Å². The second kappa shape index (κ2) is 9.27. The first kappa shape index (κ1) is 21.0. The zero-order valence-electron chi connectivity index (χ0n) is 18.3. The van der Waals surface area contributed by atoms with E-state index >= 15 is 0 Å². The number of nitrogens with zero attached hydrogens (tertiary/aromatic N) is 3. The number of likely N-dealkylation sites (tertiary alicyclic amines) is 1. The zero-order valence-corrected chi connectivity index (χ0v) is 18.3. The first-order valence-electron chi connectivity index (χ1n) is 11.0. The molecule has 2 fully saturated rings. The number of piperidine rings is 1. The van der Waals surface area contributed by atoms with E-state index in [0.29, 0.717) is 13.2 Å². The van der Waals surface area contributed by atoms with Crippen LogP contribution in [0.4, 0.5) is 0 Å². The quantitative estimate of drug-likeness (QED) is 0.790. The predicted molar refractivity (Wildman–Crippen MR) is 115 cm³/mol. The fraction of sp³-hybridized carbons (Fsp3) is 0.609. The Bertz CT molecular complexity index is 874. The first-order valence-corrected chi connectivity index (χ1v) is 11.0. The SMILES string of the molecule is Cc1nc([C@H]2CCN(Cc3ccc(C)c(C)c3)C[C@H]2NC(=O)C2CCOCC2)n[nH]1. The van der Waals surface area contributed by atoms with Gasteiger partial charge in [0.25, 0.3) is 0 Å². The summed E-state index contributed by atoms with van der Waals surface area (Å²) in [5.41, 5.74) is 3.96. The largest absolute Gasteiger partial charge is 0.381 e. The number of carbonyl (C=O) groups is 1. The highest BCUT2D eigenvalue weighted by molar-refractivity contribution is 5.79. The molecule has 2 aromatic rings. The maximum absolute atomic E-state index is 13.0. The molecule has 0 radical (unpaired) electrons. The van der Waals surface area contributed by atoms with E-state index in [4.69, 9.17) is 4.74 Å². The summed E-state index contributed by atoms with van der Waals surface area (Å²) >= 11 is 0. The number of ether oxygens (including phenoxy) is 1. The number of aromatic amines is 1. The number of carbonyl (C=O) groups excluding carboxylic acids is 1. The monoisotopic (exact) mass is 411 g/mol. The highest BCUT2D eigenvalue weighted by Crippen LogP contribution is 2.28. The molecule has 7 heteroatoms. The van der Waals surface area contributed by atoms with Gasteiger partial charge in [0.15, 0.2) is 5.82 Å². The van der Waals surface area contributed by atoms with Gasteiger partial charge in [-0.05, 0) is 63.3 Å². The van der Waals surface area contributed by atoms with Gasteiger partial charge in [0, 0.05) is 38.1 Å². The summed E-state index contributed by atoms with van der Waals surface area (Å²) in [6.07, 6.45) is 2.53. The van der Waals surface area contributed by atoms with Crippen molar-refractivity contribution in [1.29, 1.82) is 0 Å². The third-order valence-corrected chi connectivity index (χ3v) is 6.54. The molecule has 3 heterocycles. The van der Waals surface area contributed by atoms with Gasteiger partial charge in [-0.3, -0.25) is 14.8 Å². The molecule has 1 amide bonds. The molecule has 2 aliphatic heterocycles. The summed E-state index contributed by atoms with van der Waals surface area (Å²) in [6, 6.07) is 6.69. The Morgan fingerprint density at radius 3 is 2.70 bits per heavy atom. The van der Waals surface area contributed by atoms with E-state index < -0.39 is 0 Å². The van der Waals surface area contributed by atoms with Crippen LogP contribution in [-0.2, 0) is 16.1 Å². The van der Waals surface area contributed by atoms with Crippen LogP contribution in [0.5, 0.6) is 0 Å². The minimum atomic E-state index is 0.0100. The van der Waals surface area contributed by atoms with Crippen molar-refractivity contribution in [1.82, 2.24) is 25.4 Å². The number of aromatic nitrogens is 3. The molecule has 30 heavy (non-hydrogen) atoms. The molecule has 0 saturated carbocycles. The zero-order chi connectivity index (χ0) is 21.1. The molecule has 0 unspecified atom stereocenters. The Morgan fingerprint density at radius 2 is 2.00 bits per heavy atom. The number of benzene rings is 1. The van der Waals surface area contributed by atoms with Crippen LogP contribution in [0.3, 0.4) is 0 Å². The summed E-state index contributed by atoms with van der Waals surface area (Å²) in [7, 11) is 0. The molecular weight excluding hydrogens is 378 g/mol. The fourth-order valence-corrected chi connectivity index (χ4v) is 4.56. The van der Waals surface area contributed by atoms with Crippen LogP contribution in [0.15, 0.2) is 18.2 Å². The number of nitrogens with one attached hydrogen (secondary N) is 2. The highest BCUT2D eigenvalue weighted by Gasteiger charge is 2.35. The van der Waals surface area contributed by atoms with Crippen LogP contribution in [0.25, 0.3) is 0 Å². The topological polar surface area (TPSA) is 83.1 Å². The summed E-state index contributed by atoms with van der Waals surface area (Å²) in [4.78, 5) is 20.0. The molecule has 1 aromatic heterocycles. The second-order valence-electron chi connectivity index (χ2n) is 8.83. The maximum atomic E-state index is 13.0. The van der Waals surface area contributed by atoms with Crippen LogP contribution in [0, 0.1) is 26.7 Å². The molecule has 0 bridgehead atoms.